The predicted molar refractivity (Wildman–Crippen MR) is 72.0 cm³/mol. The zero-order valence-corrected chi connectivity index (χ0v) is 11.2. The average Bonchev–Trinajstić information content (AvgIpc) is 2.73. The number of nitrogens with one attached hydrogen (secondary N) is 1. The maximum absolute atomic E-state index is 11.3. The highest BCUT2D eigenvalue weighted by Gasteiger charge is 2.08. The number of halogens is 1. The molecule has 0 fully saturated rings. The summed E-state index contributed by atoms with van der Waals surface area (Å²) in [6, 6.07) is 4.02. The molecule has 1 N–H and O–H groups in total. The van der Waals surface area contributed by atoms with Crippen LogP contribution in [0.15, 0.2) is 24.5 Å². The molecule has 0 saturated carbocycles. The van der Waals surface area contributed by atoms with E-state index >= 15 is 0 Å². The molecule has 2 heterocycles. The Morgan fingerprint density at radius 3 is 3.06 bits per heavy atom. The molecule has 0 radical (unpaired) electrons. The van der Waals surface area contributed by atoms with Crippen molar-refractivity contribution in [3.63, 3.8) is 0 Å². The summed E-state index contributed by atoms with van der Waals surface area (Å²) in [4.78, 5) is 15.8. The van der Waals surface area contributed by atoms with Gasteiger partial charge >= 0.3 is 0 Å². The van der Waals surface area contributed by atoms with Gasteiger partial charge in [0.25, 0.3) is 0 Å². The minimum atomic E-state index is -0.492. The highest BCUT2D eigenvalue weighted by atomic mass is 35.5. The third-order valence-corrected chi connectivity index (χ3v) is 2.97. The minimum absolute atomic E-state index is 0.142. The van der Waals surface area contributed by atoms with Crippen LogP contribution in [-0.4, -0.2) is 27.2 Å². The van der Waals surface area contributed by atoms with Crippen molar-refractivity contribution in [2.75, 3.05) is 6.54 Å². The number of aromatic nitrogens is 2. The van der Waals surface area contributed by atoms with E-state index in [4.69, 9.17) is 11.6 Å². The van der Waals surface area contributed by atoms with Gasteiger partial charge in [0, 0.05) is 25.4 Å². The molecule has 1 atom stereocenters. The molecule has 18 heavy (non-hydrogen) atoms. The standard InChI is InChI=1S/C13H16ClN3O/c1-9-4-3-7-17-8-11(16-12(9)17)5-6-15-13(18)10(2)14/h3-4,7-8,10H,5-6H2,1-2H3,(H,15,18). The first-order valence-electron chi connectivity index (χ1n) is 5.93. The number of imidazole rings is 1. The van der Waals surface area contributed by atoms with Gasteiger partial charge in [0.1, 0.15) is 11.0 Å². The van der Waals surface area contributed by atoms with Crippen molar-refractivity contribution in [2.45, 2.75) is 25.6 Å². The number of hydrogen-bond donors (Lipinski definition) is 1. The van der Waals surface area contributed by atoms with Gasteiger partial charge in [-0.3, -0.25) is 4.79 Å². The van der Waals surface area contributed by atoms with Gasteiger partial charge in [-0.15, -0.1) is 11.6 Å². The fraction of sp³-hybridized carbons (Fsp3) is 0.385. The number of pyridine rings is 1. The second-order valence-corrected chi connectivity index (χ2v) is 4.97. The van der Waals surface area contributed by atoms with E-state index in [1.807, 2.05) is 35.9 Å². The highest BCUT2D eigenvalue weighted by Crippen LogP contribution is 2.10. The van der Waals surface area contributed by atoms with Crippen LogP contribution in [0.1, 0.15) is 18.2 Å². The first-order chi connectivity index (χ1) is 8.58. The van der Waals surface area contributed by atoms with Crippen LogP contribution < -0.4 is 5.32 Å². The molecular weight excluding hydrogens is 250 g/mol. The Bertz CT molecular complexity index is 562. The highest BCUT2D eigenvalue weighted by molar-refractivity contribution is 6.30. The van der Waals surface area contributed by atoms with Crippen molar-refractivity contribution >= 4 is 23.2 Å². The maximum atomic E-state index is 11.3. The second-order valence-electron chi connectivity index (χ2n) is 4.31. The first kappa shape index (κ1) is 12.9. The van der Waals surface area contributed by atoms with Crippen molar-refractivity contribution in [3.05, 3.63) is 35.8 Å². The molecule has 5 heteroatoms. The summed E-state index contributed by atoms with van der Waals surface area (Å²) in [5.74, 6) is -0.142. The molecule has 0 saturated heterocycles. The molecule has 2 rings (SSSR count). The third kappa shape index (κ3) is 2.82. The number of amides is 1. The number of aryl methyl sites for hydroxylation is 1. The van der Waals surface area contributed by atoms with Crippen molar-refractivity contribution in [1.82, 2.24) is 14.7 Å². The van der Waals surface area contributed by atoms with E-state index in [2.05, 4.69) is 10.3 Å². The fourth-order valence-electron chi connectivity index (χ4n) is 1.78. The van der Waals surface area contributed by atoms with Crippen LogP contribution >= 0.6 is 11.6 Å². The van der Waals surface area contributed by atoms with E-state index in [9.17, 15) is 4.79 Å². The summed E-state index contributed by atoms with van der Waals surface area (Å²) in [5, 5.41) is 2.28. The summed E-state index contributed by atoms with van der Waals surface area (Å²) < 4.78 is 2.00. The maximum Gasteiger partial charge on any atom is 0.237 e. The number of fused-ring (bicyclic) bond motifs is 1. The second kappa shape index (κ2) is 5.40. The number of carbonyl (C=O) groups excluding carboxylic acids is 1. The Hall–Kier alpha value is -1.55. The average molecular weight is 266 g/mol. The lowest BCUT2D eigenvalue weighted by molar-refractivity contribution is -0.120. The molecule has 0 aliphatic carbocycles. The molecule has 0 spiro atoms. The lowest BCUT2D eigenvalue weighted by atomic mass is 10.3. The van der Waals surface area contributed by atoms with Gasteiger partial charge in [0.05, 0.1) is 5.69 Å². The number of alkyl halides is 1. The van der Waals surface area contributed by atoms with Crippen molar-refractivity contribution in [1.29, 1.82) is 0 Å². The van der Waals surface area contributed by atoms with Crippen molar-refractivity contribution in [2.24, 2.45) is 0 Å². The van der Waals surface area contributed by atoms with E-state index in [0.29, 0.717) is 13.0 Å². The monoisotopic (exact) mass is 265 g/mol. The summed E-state index contributed by atoms with van der Waals surface area (Å²) in [6.07, 6.45) is 4.66. The lowest BCUT2D eigenvalue weighted by Crippen LogP contribution is -2.31. The molecule has 0 bridgehead atoms. The molecule has 1 unspecified atom stereocenters. The fourth-order valence-corrected chi connectivity index (χ4v) is 1.86. The Kier molecular flexibility index (Phi) is 3.87. The van der Waals surface area contributed by atoms with Crippen LogP contribution in [-0.2, 0) is 11.2 Å². The molecular formula is C13H16ClN3O. The lowest BCUT2D eigenvalue weighted by Gasteiger charge is -2.04. The molecule has 0 aliphatic rings. The summed E-state index contributed by atoms with van der Waals surface area (Å²) >= 11 is 5.66. The number of hydrogen-bond acceptors (Lipinski definition) is 2. The van der Waals surface area contributed by atoms with Gasteiger partial charge in [-0.05, 0) is 25.5 Å². The number of rotatable bonds is 4. The van der Waals surface area contributed by atoms with Gasteiger partial charge in [-0.25, -0.2) is 4.98 Å². The third-order valence-electron chi connectivity index (χ3n) is 2.77. The van der Waals surface area contributed by atoms with Gasteiger partial charge in [0.15, 0.2) is 0 Å². The SMILES string of the molecule is Cc1cccn2cc(CCNC(=O)C(C)Cl)nc12. The van der Waals surface area contributed by atoms with E-state index in [-0.39, 0.29) is 5.91 Å². The molecule has 96 valence electrons. The Morgan fingerprint density at radius 1 is 1.61 bits per heavy atom. The molecule has 2 aromatic heterocycles. The summed E-state index contributed by atoms with van der Waals surface area (Å²) in [5.41, 5.74) is 3.07. The van der Waals surface area contributed by atoms with E-state index in [1.54, 1.807) is 6.92 Å². The Labute approximate surface area is 111 Å². The number of carbonyl (C=O) groups is 1. The Balaban J connectivity index is 2.00. The van der Waals surface area contributed by atoms with Gasteiger partial charge < -0.3 is 9.72 Å². The molecule has 1 amide bonds. The van der Waals surface area contributed by atoms with E-state index < -0.39 is 5.38 Å². The topological polar surface area (TPSA) is 46.4 Å². The van der Waals surface area contributed by atoms with Crippen molar-refractivity contribution < 1.29 is 4.79 Å². The Morgan fingerprint density at radius 2 is 2.39 bits per heavy atom. The van der Waals surface area contributed by atoms with E-state index in [1.165, 1.54) is 0 Å². The molecule has 0 aliphatic heterocycles. The molecule has 0 aromatic carbocycles. The van der Waals surface area contributed by atoms with Crippen LogP contribution in [0.5, 0.6) is 0 Å². The zero-order chi connectivity index (χ0) is 13.1. The van der Waals surface area contributed by atoms with Gasteiger partial charge in [-0.1, -0.05) is 6.07 Å². The first-order valence-corrected chi connectivity index (χ1v) is 6.36. The largest absolute Gasteiger partial charge is 0.354 e. The van der Waals surface area contributed by atoms with Crippen LogP contribution in [0.25, 0.3) is 5.65 Å². The molecule has 2 aromatic rings. The van der Waals surface area contributed by atoms with Crippen LogP contribution in [0.3, 0.4) is 0 Å². The summed E-state index contributed by atoms with van der Waals surface area (Å²) in [7, 11) is 0. The van der Waals surface area contributed by atoms with Gasteiger partial charge in [0.2, 0.25) is 5.91 Å². The summed E-state index contributed by atoms with van der Waals surface area (Å²) in [6.45, 7) is 4.24. The van der Waals surface area contributed by atoms with E-state index in [0.717, 1.165) is 16.9 Å². The molecule has 4 nitrogen and oxygen atoms in total. The number of nitrogens with zero attached hydrogens (tertiary/aromatic N) is 2. The van der Waals surface area contributed by atoms with Crippen LogP contribution in [0, 0.1) is 6.92 Å². The van der Waals surface area contributed by atoms with Crippen LogP contribution in [0.2, 0.25) is 0 Å². The predicted octanol–water partition coefficient (Wildman–Crippen LogP) is 1.93. The zero-order valence-electron chi connectivity index (χ0n) is 10.5. The minimum Gasteiger partial charge on any atom is -0.354 e. The van der Waals surface area contributed by atoms with Gasteiger partial charge in [-0.2, -0.15) is 0 Å². The normalized spacial score (nSPS) is 12.6. The quantitative estimate of drug-likeness (QED) is 0.859. The van der Waals surface area contributed by atoms with Crippen molar-refractivity contribution in [3.8, 4) is 0 Å². The smallest absolute Gasteiger partial charge is 0.237 e. The van der Waals surface area contributed by atoms with Crippen LogP contribution in [0.4, 0.5) is 0 Å².